The number of pyridine rings is 1. The lowest BCUT2D eigenvalue weighted by atomic mass is 10.1. The van der Waals surface area contributed by atoms with E-state index < -0.39 is 0 Å². The lowest BCUT2D eigenvalue weighted by molar-refractivity contribution is -0.117. The summed E-state index contributed by atoms with van der Waals surface area (Å²) in [5.41, 5.74) is 3.04. The minimum atomic E-state index is -0.296. The van der Waals surface area contributed by atoms with Gasteiger partial charge in [0, 0.05) is 34.9 Å². The molecule has 31 heavy (non-hydrogen) atoms. The first-order chi connectivity index (χ1) is 14.1. The minimum Gasteiger partial charge on any atom is -0.343 e. The molecule has 7 heteroatoms. The fraction of sp³-hybridized carbons (Fsp3) is 0.333. The van der Waals surface area contributed by atoms with E-state index >= 15 is 0 Å². The van der Waals surface area contributed by atoms with Crippen molar-refractivity contribution in [2.45, 2.75) is 44.7 Å². The number of anilines is 1. The van der Waals surface area contributed by atoms with Crippen molar-refractivity contribution in [3.05, 3.63) is 72.1 Å². The Bertz CT molecular complexity index is 1050. The Morgan fingerprint density at radius 3 is 2.32 bits per heavy atom. The van der Waals surface area contributed by atoms with Crippen molar-refractivity contribution in [1.82, 2.24) is 4.98 Å². The standard InChI is InChI=1S/C24H24N2O3.2H2S/c1-14-15(2)29-24(28-14)17-5-3-16(4-6-17)21-12-22(21)23(27)26-20-8-7-19-13-25-10-9-18(19)11-20;;/h3-11,13-15,21-22,24H,12H2,1-2H3,(H,26,27);2*1H2/t14-,15-,21?,22?;;/m0../s1. The second kappa shape index (κ2) is 9.61. The summed E-state index contributed by atoms with van der Waals surface area (Å²) in [6.45, 7) is 4.05. The number of benzene rings is 2. The van der Waals surface area contributed by atoms with Crippen LogP contribution in [0, 0.1) is 5.92 Å². The third kappa shape index (κ3) is 4.90. The molecule has 3 aromatic rings. The minimum absolute atomic E-state index is 0. The van der Waals surface area contributed by atoms with Crippen molar-refractivity contribution in [1.29, 1.82) is 0 Å². The molecular formula is C24H28N2O3S2. The second-order valence-corrected chi connectivity index (χ2v) is 8.06. The third-order valence-corrected chi connectivity index (χ3v) is 6.01. The third-order valence-electron chi connectivity index (χ3n) is 6.01. The predicted molar refractivity (Wildman–Crippen MR) is 132 cm³/mol. The molecule has 2 unspecified atom stereocenters. The van der Waals surface area contributed by atoms with Crippen LogP contribution < -0.4 is 5.32 Å². The Hall–Kier alpha value is -2.06. The van der Waals surface area contributed by atoms with Gasteiger partial charge in [-0.1, -0.05) is 30.3 Å². The van der Waals surface area contributed by atoms with E-state index in [0.717, 1.165) is 28.4 Å². The zero-order valence-electron chi connectivity index (χ0n) is 17.5. The number of ether oxygens (including phenoxy) is 2. The molecule has 0 radical (unpaired) electrons. The highest BCUT2D eigenvalue weighted by Gasteiger charge is 2.44. The van der Waals surface area contributed by atoms with Gasteiger partial charge in [-0.2, -0.15) is 27.0 Å². The number of carbonyl (C=O) groups excluding carboxylic acids is 1. The number of hydrogen-bond donors (Lipinski definition) is 1. The smallest absolute Gasteiger partial charge is 0.228 e. The monoisotopic (exact) mass is 456 g/mol. The molecule has 2 fully saturated rings. The first-order valence-corrected chi connectivity index (χ1v) is 10.1. The number of nitrogens with one attached hydrogen (secondary N) is 1. The maximum atomic E-state index is 12.7. The molecule has 1 aliphatic heterocycles. The van der Waals surface area contributed by atoms with Gasteiger partial charge >= 0.3 is 0 Å². The van der Waals surface area contributed by atoms with E-state index in [1.807, 2.05) is 44.3 Å². The molecule has 2 aliphatic rings. The molecule has 4 atom stereocenters. The number of nitrogens with zero attached hydrogens (tertiary/aromatic N) is 1. The van der Waals surface area contributed by atoms with Gasteiger partial charge in [0.1, 0.15) is 0 Å². The molecule has 1 N–H and O–H groups in total. The van der Waals surface area contributed by atoms with E-state index in [4.69, 9.17) is 9.47 Å². The molecule has 2 heterocycles. The van der Waals surface area contributed by atoms with Crippen molar-refractivity contribution >= 4 is 49.4 Å². The van der Waals surface area contributed by atoms with E-state index in [1.54, 1.807) is 6.20 Å². The summed E-state index contributed by atoms with van der Waals surface area (Å²) in [5, 5.41) is 5.20. The Kier molecular flexibility index (Phi) is 7.31. The number of hydrogen-bond acceptors (Lipinski definition) is 4. The Morgan fingerprint density at radius 2 is 1.61 bits per heavy atom. The topological polar surface area (TPSA) is 60.5 Å². The van der Waals surface area contributed by atoms with Gasteiger partial charge in [-0.3, -0.25) is 9.78 Å². The van der Waals surface area contributed by atoms with Gasteiger partial charge in [0.05, 0.1) is 12.2 Å². The summed E-state index contributed by atoms with van der Waals surface area (Å²) in [5.74, 6) is 0.377. The van der Waals surface area contributed by atoms with Gasteiger partial charge in [0.25, 0.3) is 0 Å². The van der Waals surface area contributed by atoms with Crippen molar-refractivity contribution in [3.8, 4) is 0 Å². The Balaban J connectivity index is 0.00000136. The summed E-state index contributed by atoms with van der Waals surface area (Å²) in [6, 6.07) is 16.1. The van der Waals surface area contributed by atoms with Crippen LogP contribution in [-0.2, 0) is 14.3 Å². The number of fused-ring (bicyclic) bond motifs is 1. The van der Waals surface area contributed by atoms with Crippen LogP contribution in [0.3, 0.4) is 0 Å². The van der Waals surface area contributed by atoms with Crippen LogP contribution in [0.5, 0.6) is 0 Å². The molecule has 1 aliphatic carbocycles. The van der Waals surface area contributed by atoms with Crippen molar-refractivity contribution < 1.29 is 14.3 Å². The molecule has 0 bridgehead atoms. The molecule has 1 aromatic heterocycles. The summed E-state index contributed by atoms with van der Waals surface area (Å²) < 4.78 is 11.7. The molecule has 1 saturated carbocycles. The summed E-state index contributed by atoms with van der Waals surface area (Å²) in [7, 11) is 0. The molecule has 2 aromatic carbocycles. The quantitative estimate of drug-likeness (QED) is 0.599. The molecule has 1 amide bonds. The molecule has 0 spiro atoms. The van der Waals surface area contributed by atoms with Crippen molar-refractivity contribution in [2.75, 3.05) is 5.32 Å². The zero-order chi connectivity index (χ0) is 20.0. The normalized spacial score (nSPS) is 24.8. The predicted octanol–water partition coefficient (Wildman–Crippen LogP) is 5.03. The zero-order valence-corrected chi connectivity index (χ0v) is 19.5. The average Bonchev–Trinajstić information content (AvgIpc) is 3.47. The average molecular weight is 457 g/mol. The van der Waals surface area contributed by atoms with Crippen LogP contribution in [-0.4, -0.2) is 23.1 Å². The molecule has 5 rings (SSSR count). The highest BCUT2D eigenvalue weighted by molar-refractivity contribution is 7.59. The Labute approximate surface area is 196 Å². The fourth-order valence-electron chi connectivity index (χ4n) is 3.95. The highest BCUT2D eigenvalue weighted by atomic mass is 32.1. The maximum Gasteiger partial charge on any atom is 0.228 e. The largest absolute Gasteiger partial charge is 0.343 e. The van der Waals surface area contributed by atoms with Gasteiger partial charge in [0.2, 0.25) is 5.91 Å². The van der Waals surface area contributed by atoms with Crippen LogP contribution in [0.1, 0.15) is 43.6 Å². The Morgan fingerprint density at radius 1 is 0.935 bits per heavy atom. The number of rotatable bonds is 4. The molecule has 5 nitrogen and oxygen atoms in total. The highest BCUT2D eigenvalue weighted by Crippen LogP contribution is 2.48. The molecule has 164 valence electrons. The van der Waals surface area contributed by atoms with Crippen molar-refractivity contribution in [2.24, 2.45) is 5.92 Å². The fourth-order valence-corrected chi connectivity index (χ4v) is 3.95. The van der Waals surface area contributed by atoms with E-state index in [-0.39, 0.29) is 63.2 Å². The molecule has 1 saturated heterocycles. The first kappa shape index (κ1) is 23.6. The van der Waals surface area contributed by atoms with Crippen LogP contribution in [0.2, 0.25) is 0 Å². The van der Waals surface area contributed by atoms with Gasteiger partial charge in [0.15, 0.2) is 6.29 Å². The lowest BCUT2D eigenvalue weighted by Crippen LogP contribution is -2.14. The van der Waals surface area contributed by atoms with Gasteiger partial charge in [-0.15, -0.1) is 0 Å². The summed E-state index contributed by atoms with van der Waals surface area (Å²) in [6.07, 6.45) is 4.37. The summed E-state index contributed by atoms with van der Waals surface area (Å²) >= 11 is 0. The number of amides is 1. The second-order valence-electron chi connectivity index (χ2n) is 8.06. The van der Waals surface area contributed by atoms with Crippen LogP contribution >= 0.6 is 27.0 Å². The number of carbonyl (C=O) groups is 1. The van der Waals surface area contributed by atoms with Gasteiger partial charge < -0.3 is 14.8 Å². The van der Waals surface area contributed by atoms with Gasteiger partial charge in [-0.25, -0.2) is 0 Å². The summed E-state index contributed by atoms with van der Waals surface area (Å²) in [4.78, 5) is 16.8. The van der Waals surface area contributed by atoms with Crippen LogP contribution in [0.15, 0.2) is 60.9 Å². The van der Waals surface area contributed by atoms with E-state index in [0.29, 0.717) is 0 Å². The maximum absolute atomic E-state index is 12.7. The van der Waals surface area contributed by atoms with E-state index in [2.05, 4.69) is 34.6 Å². The number of aromatic nitrogens is 1. The van der Waals surface area contributed by atoms with Crippen molar-refractivity contribution in [3.63, 3.8) is 0 Å². The molecular weight excluding hydrogens is 428 g/mol. The van der Waals surface area contributed by atoms with E-state index in [1.165, 1.54) is 5.56 Å². The SMILES string of the molecule is C[C@@H]1OC(c2ccc(C3CC3C(=O)Nc3ccc4cnccc4c3)cc2)O[C@H]1C.S.S. The van der Waals surface area contributed by atoms with Crippen LogP contribution in [0.4, 0.5) is 5.69 Å². The first-order valence-electron chi connectivity index (χ1n) is 10.1. The van der Waals surface area contributed by atoms with E-state index in [9.17, 15) is 4.79 Å². The van der Waals surface area contributed by atoms with Crippen LogP contribution in [0.25, 0.3) is 10.8 Å². The van der Waals surface area contributed by atoms with Gasteiger partial charge in [-0.05, 0) is 55.3 Å². The lowest BCUT2D eigenvalue weighted by Gasteiger charge is -2.11.